The first-order chi connectivity index (χ1) is 19.0. The molecule has 224 valence electrons. The van der Waals surface area contributed by atoms with E-state index in [1.807, 2.05) is 13.8 Å². The molecule has 40 heavy (non-hydrogen) atoms. The molecule has 3 rings (SSSR count). The van der Waals surface area contributed by atoms with Crippen LogP contribution >= 0.6 is 11.6 Å². The van der Waals surface area contributed by atoms with Crippen LogP contribution in [0.4, 0.5) is 8.78 Å². The fourth-order valence-corrected chi connectivity index (χ4v) is 5.64. The van der Waals surface area contributed by atoms with E-state index in [1.165, 1.54) is 19.4 Å². The minimum Gasteiger partial charge on any atom is -0.394 e. The molecule has 2 aliphatic rings. The highest BCUT2D eigenvalue weighted by Gasteiger charge is 2.30. The van der Waals surface area contributed by atoms with E-state index >= 15 is 0 Å². The van der Waals surface area contributed by atoms with Crippen LogP contribution in [-0.4, -0.2) is 54.1 Å². The lowest BCUT2D eigenvalue weighted by atomic mass is 9.89. The van der Waals surface area contributed by atoms with Gasteiger partial charge in [-0.05, 0) is 76.5 Å². The summed E-state index contributed by atoms with van der Waals surface area (Å²) in [5.41, 5.74) is 8.79. The van der Waals surface area contributed by atoms with Gasteiger partial charge in [0.05, 0.1) is 18.8 Å². The molecule has 0 bridgehead atoms. The van der Waals surface area contributed by atoms with Gasteiger partial charge in [0.15, 0.2) is 17.4 Å². The number of morpholine rings is 1. The van der Waals surface area contributed by atoms with Crippen molar-refractivity contribution in [2.75, 3.05) is 19.6 Å². The molecule has 1 heterocycles. The van der Waals surface area contributed by atoms with Gasteiger partial charge in [0.25, 0.3) is 5.91 Å². The first kappa shape index (κ1) is 33.9. The molecule has 0 aromatic heterocycles. The number of hydrogen-bond acceptors (Lipinski definition) is 5. The maximum atomic E-state index is 13.3. The molecule has 2 fully saturated rings. The second kappa shape index (κ2) is 16.8. The summed E-state index contributed by atoms with van der Waals surface area (Å²) in [5.74, 6) is -1.56. The zero-order chi connectivity index (χ0) is 29.8. The Morgan fingerprint density at radius 2 is 1.73 bits per heavy atom. The molecule has 2 N–H and O–H groups in total. The second-order valence-electron chi connectivity index (χ2n) is 10.9. The third-order valence-electron chi connectivity index (χ3n) is 7.22. The number of carbonyl (C=O) groups is 2. The Labute approximate surface area is 243 Å². The number of benzene rings is 1. The van der Waals surface area contributed by atoms with Crippen molar-refractivity contribution in [3.63, 3.8) is 0 Å². The van der Waals surface area contributed by atoms with Crippen molar-refractivity contribution >= 4 is 29.0 Å². The van der Waals surface area contributed by atoms with Crippen molar-refractivity contribution in [2.45, 2.75) is 111 Å². The van der Waals surface area contributed by atoms with Crippen molar-refractivity contribution in [2.24, 2.45) is 10.7 Å². The maximum absolute atomic E-state index is 13.3. The van der Waals surface area contributed by atoms with Gasteiger partial charge in [0.1, 0.15) is 5.70 Å². The number of aliphatic imine (C=N–C) groups is 1. The molecule has 1 aliphatic heterocycles. The number of unbranched alkanes of at least 4 members (excludes halogenated alkanes) is 2. The molecule has 1 aliphatic carbocycles. The van der Waals surface area contributed by atoms with E-state index in [1.54, 1.807) is 4.90 Å². The molecule has 9 heteroatoms. The average molecular weight is 582 g/mol. The van der Waals surface area contributed by atoms with Crippen LogP contribution in [0.2, 0.25) is 5.02 Å². The highest BCUT2D eigenvalue weighted by atomic mass is 35.5. The number of carbonyl (C=O) groups excluding carboxylic acids is 2. The van der Waals surface area contributed by atoms with Crippen LogP contribution in [0.1, 0.15) is 104 Å². The van der Waals surface area contributed by atoms with Crippen molar-refractivity contribution in [3.05, 3.63) is 45.6 Å². The minimum absolute atomic E-state index is 0.0134. The summed E-state index contributed by atoms with van der Waals surface area (Å²) >= 11 is 6.04. The number of allylic oxidation sites excluding steroid dienone is 1. The molecular formula is C31H46ClF2N3O3. The average Bonchev–Trinajstić information content (AvgIpc) is 3.37. The Balaban J connectivity index is 0.000000286. The van der Waals surface area contributed by atoms with Crippen LogP contribution in [0.5, 0.6) is 0 Å². The van der Waals surface area contributed by atoms with E-state index in [0.29, 0.717) is 18.1 Å². The summed E-state index contributed by atoms with van der Waals surface area (Å²) in [7, 11) is 0. The minimum atomic E-state index is -0.868. The highest BCUT2D eigenvalue weighted by Crippen LogP contribution is 2.33. The summed E-state index contributed by atoms with van der Waals surface area (Å²) in [6.45, 7) is 10.9. The number of nitrogens with zero attached hydrogens (tertiary/aromatic N) is 2. The van der Waals surface area contributed by atoms with Crippen LogP contribution in [-0.2, 0) is 14.3 Å². The molecular weight excluding hydrogens is 536 g/mol. The number of ketones is 1. The molecule has 1 unspecified atom stereocenters. The van der Waals surface area contributed by atoms with Crippen molar-refractivity contribution in [1.29, 1.82) is 0 Å². The Morgan fingerprint density at radius 3 is 2.33 bits per heavy atom. The molecule has 1 amide bonds. The normalized spacial score (nSPS) is 22.1. The lowest BCUT2D eigenvalue weighted by Gasteiger charge is -2.35. The summed E-state index contributed by atoms with van der Waals surface area (Å²) < 4.78 is 32.0. The molecule has 6 nitrogen and oxygen atoms in total. The predicted molar refractivity (Wildman–Crippen MR) is 158 cm³/mol. The van der Waals surface area contributed by atoms with Crippen LogP contribution < -0.4 is 5.73 Å². The van der Waals surface area contributed by atoms with Gasteiger partial charge in [-0.15, -0.1) is 0 Å². The van der Waals surface area contributed by atoms with Crippen LogP contribution in [0.3, 0.4) is 0 Å². The van der Waals surface area contributed by atoms with E-state index in [9.17, 15) is 18.4 Å². The van der Waals surface area contributed by atoms with Crippen LogP contribution in [0.25, 0.3) is 0 Å². The number of rotatable bonds is 10. The quantitative estimate of drug-likeness (QED) is 0.181. The zero-order valence-electron chi connectivity index (χ0n) is 24.7. The molecule has 1 saturated carbocycles. The third kappa shape index (κ3) is 10.3. The van der Waals surface area contributed by atoms with E-state index < -0.39 is 11.6 Å². The van der Waals surface area contributed by atoms with Crippen molar-refractivity contribution < 1.29 is 23.1 Å². The van der Waals surface area contributed by atoms with E-state index in [0.717, 1.165) is 74.3 Å². The number of amides is 1. The lowest BCUT2D eigenvalue weighted by Crippen LogP contribution is -2.49. The predicted octanol–water partition coefficient (Wildman–Crippen LogP) is 7.13. The number of Topliss-reactive ketones (excluding diaryl/α,β-unsaturated/α-hetero) is 1. The third-order valence-corrected chi connectivity index (χ3v) is 7.54. The summed E-state index contributed by atoms with van der Waals surface area (Å²) in [6.07, 6.45) is 8.90. The van der Waals surface area contributed by atoms with Gasteiger partial charge < -0.3 is 15.4 Å². The topological polar surface area (TPSA) is 85.0 Å². The Hall–Kier alpha value is -2.32. The Bertz CT molecular complexity index is 1070. The Kier molecular flexibility index (Phi) is 14.3. The maximum Gasteiger partial charge on any atom is 0.270 e. The Morgan fingerprint density at radius 1 is 1.07 bits per heavy atom. The van der Waals surface area contributed by atoms with Gasteiger partial charge in [-0.25, -0.2) is 8.78 Å². The highest BCUT2D eigenvalue weighted by molar-refractivity contribution is 6.31. The molecule has 1 aromatic rings. The van der Waals surface area contributed by atoms with Gasteiger partial charge in [-0.2, -0.15) is 0 Å². The summed E-state index contributed by atoms with van der Waals surface area (Å²) in [5, 5.41) is 0.351. The SMILES string of the molecule is CC(=O)CN=C1CCC/C1=C(/N)C(=O)N1C[C@@H](C)O[C@@H](C)C1.CCCCCC(CCC)c1cc(F)c(F)cc1Cl. The number of nitrogens with two attached hydrogens (primary N) is 1. The fourth-order valence-electron chi connectivity index (χ4n) is 5.34. The lowest BCUT2D eigenvalue weighted by molar-refractivity contribution is -0.139. The first-order valence-corrected chi connectivity index (χ1v) is 15.0. The molecule has 1 aromatic carbocycles. The summed E-state index contributed by atoms with van der Waals surface area (Å²) in [6, 6.07) is 2.36. The van der Waals surface area contributed by atoms with Crippen LogP contribution in [0.15, 0.2) is 28.4 Å². The van der Waals surface area contributed by atoms with Gasteiger partial charge in [-0.1, -0.05) is 51.1 Å². The largest absolute Gasteiger partial charge is 0.394 e. The monoisotopic (exact) mass is 581 g/mol. The first-order valence-electron chi connectivity index (χ1n) is 14.6. The second-order valence-corrected chi connectivity index (χ2v) is 11.4. The zero-order valence-corrected chi connectivity index (χ0v) is 25.5. The van der Waals surface area contributed by atoms with E-state index in [2.05, 4.69) is 18.8 Å². The van der Waals surface area contributed by atoms with E-state index in [-0.39, 0.29) is 42.1 Å². The standard InChI is InChI=1S/C16H25N3O3.C15H21ClF2/c1-10(20)7-18-14-6-4-5-13(14)15(17)16(21)19-8-11(2)22-12(3)9-19;1-3-5-6-8-11(7-4-2)12-9-14(17)15(18)10-13(12)16/h11-12H,4-9,17H2,1-3H3;9-11H,3-8H2,1-2H3/b15-13-,18-14?;/t11-,12+;. The van der Waals surface area contributed by atoms with Gasteiger partial charge >= 0.3 is 0 Å². The number of hydrogen-bond donors (Lipinski definition) is 1. The molecule has 1 saturated heterocycles. The van der Waals surface area contributed by atoms with Crippen molar-refractivity contribution in [3.8, 4) is 0 Å². The number of ether oxygens (including phenoxy) is 1. The van der Waals surface area contributed by atoms with Gasteiger partial charge in [-0.3, -0.25) is 14.6 Å². The molecule has 0 spiro atoms. The number of halogens is 3. The van der Waals surface area contributed by atoms with Crippen molar-refractivity contribution in [1.82, 2.24) is 4.90 Å². The molecule has 3 atom stereocenters. The van der Waals surface area contributed by atoms with Gasteiger partial charge in [0, 0.05) is 29.4 Å². The van der Waals surface area contributed by atoms with Gasteiger partial charge in [0.2, 0.25) is 0 Å². The fraction of sp³-hybridized carbons (Fsp3) is 0.645. The van der Waals surface area contributed by atoms with Crippen LogP contribution in [0, 0.1) is 11.6 Å². The summed E-state index contributed by atoms with van der Waals surface area (Å²) in [4.78, 5) is 29.8. The smallest absolute Gasteiger partial charge is 0.270 e. The molecule has 0 radical (unpaired) electrons. The van der Waals surface area contributed by atoms with E-state index in [4.69, 9.17) is 22.1 Å².